The van der Waals surface area contributed by atoms with Crippen LogP contribution in [0.5, 0.6) is 5.75 Å². The molecule has 2 amide bonds. The molecule has 2 heterocycles. The number of nitrogens with one attached hydrogen (secondary N) is 1. The van der Waals surface area contributed by atoms with E-state index < -0.39 is 5.60 Å². The van der Waals surface area contributed by atoms with Crippen LogP contribution in [-0.4, -0.2) is 53.3 Å². The third-order valence-electron chi connectivity index (χ3n) is 4.99. The maximum absolute atomic E-state index is 12.9. The summed E-state index contributed by atoms with van der Waals surface area (Å²) >= 11 is 0. The third kappa shape index (κ3) is 6.47. The standard InChI is InChI=1S/C23H30FN3O4/c1-23(2,3)31-22(29)26-14-10-18(11-15-26)27-13-4-5-20(27)21(28)25-12-16-30-19-8-6-17(24)7-9-19/h4-9,13,18H,10-12,14-16H2,1-3H3,(H,25,28). The quantitative estimate of drug-likeness (QED) is 0.702. The van der Waals surface area contributed by atoms with Crippen molar-refractivity contribution in [2.75, 3.05) is 26.2 Å². The van der Waals surface area contributed by atoms with Crippen LogP contribution in [-0.2, 0) is 4.74 Å². The van der Waals surface area contributed by atoms with Gasteiger partial charge in [-0.05, 0) is 70.0 Å². The second-order valence-electron chi connectivity index (χ2n) is 8.56. The molecular formula is C23H30FN3O4. The predicted molar refractivity (Wildman–Crippen MR) is 115 cm³/mol. The maximum atomic E-state index is 12.9. The van der Waals surface area contributed by atoms with E-state index in [1.807, 2.05) is 37.6 Å². The van der Waals surface area contributed by atoms with Gasteiger partial charge in [0.1, 0.15) is 29.5 Å². The number of carbonyl (C=O) groups is 2. The first-order valence-electron chi connectivity index (χ1n) is 10.5. The first-order chi connectivity index (χ1) is 14.7. The summed E-state index contributed by atoms with van der Waals surface area (Å²) in [5, 5.41) is 2.86. The van der Waals surface area contributed by atoms with Crippen molar-refractivity contribution in [2.45, 2.75) is 45.3 Å². The summed E-state index contributed by atoms with van der Waals surface area (Å²) < 4.78 is 25.8. The molecule has 1 aromatic carbocycles. The lowest BCUT2D eigenvalue weighted by atomic mass is 10.0. The van der Waals surface area contributed by atoms with E-state index in [0.717, 1.165) is 12.8 Å². The van der Waals surface area contributed by atoms with E-state index in [1.165, 1.54) is 12.1 Å². The zero-order valence-corrected chi connectivity index (χ0v) is 18.3. The van der Waals surface area contributed by atoms with Gasteiger partial charge in [-0.2, -0.15) is 0 Å². The summed E-state index contributed by atoms with van der Waals surface area (Å²) in [6.07, 6.45) is 3.11. The van der Waals surface area contributed by atoms with E-state index in [2.05, 4.69) is 5.32 Å². The number of hydrogen-bond donors (Lipinski definition) is 1. The normalized spacial score (nSPS) is 14.9. The van der Waals surface area contributed by atoms with Gasteiger partial charge in [0, 0.05) is 25.3 Å². The molecule has 1 aliphatic rings. The molecule has 1 aromatic heterocycles. The minimum Gasteiger partial charge on any atom is -0.492 e. The Kier molecular flexibility index (Phi) is 7.20. The molecule has 0 unspecified atom stereocenters. The molecular weight excluding hydrogens is 401 g/mol. The number of aromatic nitrogens is 1. The second-order valence-corrected chi connectivity index (χ2v) is 8.56. The monoisotopic (exact) mass is 431 g/mol. The average molecular weight is 432 g/mol. The Morgan fingerprint density at radius 2 is 1.81 bits per heavy atom. The molecule has 0 radical (unpaired) electrons. The molecule has 2 aromatic rings. The Balaban J connectivity index is 1.47. The Labute approximate surface area is 182 Å². The second kappa shape index (κ2) is 9.85. The van der Waals surface area contributed by atoms with Gasteiger partial charge in [-0.1, -0.05) is 0 Å². The van der Waals surface area contributed by atoms with Gasteiger partial charge in [0.25, 0.3) is 5.91 Å². The van der Waals surface area contributed by atoms with Gasteiger partial charge in [-0.25, -0.2) is 9.18 Å². The van der Waals surface area contributed by atoms with Crippen LogP contribution in [0.3, 0.4) is 0 Å². The van der Waals surface area contributed by atoms with Gasteiger partial charge in [0.05, 0.1) is 6.54 Å². The molecule has 0 bridgehead atoms. The molecule has 0 atom stereocenters. The summed E-state index contributed by atoms with van der Waals surface area (Å²) in [6.45, 7) is 7.35. The number of carbonyl (C=O) groups excluding carboxylic acids is 2. The van der Waals surface area contributed by atoms with Gasteiger partial charge < -0.3 is 24.3 Å². The zero-order chi connectivity index (χ0) is 22.4. The average Bonchev–Trinajstić information content (AvgIpc) is 3.21. The van der Waals surface area contributed by atoms with Crippen LogP contribution in [0.25, 0.3) is 0 Å². The summed E-state index contributed by atoms with van der Waals surface area (Å²) in [6, 6.07) is 9.53. The molecule has 7 nitrogen and oxygen atoms in total. The van der Waals surface area contributed by atoms with E-state index >= 15 is 0 Å². The van der Waals surface area contributed by atoms with Crippen molar-refractivity contribution in [2.24, 2.45) is 0 Å². The molecule has 168 valence electrons. The number of piperidine rings is 1. The Bertz CT molecular complexity index is 881. The van der Waals surface area contributed by atoms with Crippen LogP contribution < -0.4 is 10.1 Å². The highest BCUT2D eigenvalue weighted by Gasteiger charge is 2.28. The number of likely N-dealkylation sites (tertiary alicyclic amines) is 1. The third-order valence-corrected chi connectivity index (χ3v) is 4.99. The smallest absolute Gasteiger partial charge is 0.410 e. The number of rotatable bonds is 6. The van der Waals surface area contributed by atoms with Crippen molar-refractivity contribution in [1.29, 1.82) is 0 Å². The van der Waals surface area contributed by atoms with Gasteiger partial charge >= 0.3 is 6.09 Å². The number of amides is 2. The Morgan fingerprint density at radius 1 is 1.13 bits per heavy atom. The molecule has 0 aliphatic carbocycles. The molecule has 1 fully saturated rings. The van der Waals surface area contributed by atoms with E-state index in [0.29, 0.717) is 31.1 Å². The topological polar surface area (TPSA) is 72.8 Å². The van der Waals surface area contributed by atoms with Gasteiger partial charge in [0.2, 0.25) is 0 Å². The highest BCUT2D eigenvalue weighted by atomic mass is 19.1. The fourth-order valence-corrected chi connectivity index (χ4v) is 3.51. The molecule has 0 spiro atoms. The lowest BCUT2D eigenvalue weighted by molar-refractivity contribution is 0.0187. The molecule has 1 saturated heterocycles. The Morgan fingerprint density at radius 3 is 2.45 bits per heavy atom. The summed E-state index contributed by atoms with van der Waals surface area (Å²) in [5.41, 5.74) is 0.0672. The van der Waals surface area contributed by atoms with Crippen molar-refractivity contribution >= 4 is 12.0 Å². The number of halogens is 1. The van der Waals surface area contributed by atoms with E-state index in [9.17, 15) is 14.0 Å². The van der Waals surface area contributed by atoms with Crippen molar-refractivity contribution < 1.29 is 23.5 Å². The van der Waals surface area contributed by atoms with Crippen molar-refractivity contribution in [3.63, 3.8) is 0 Å². The first kappa shape index (κ1) is 22.7. The van der Waals surface area contributed by atoms with Crippen LogP contribution in [0, 0.1) is 5.82 Å². The van der Waals surface area contributed by atoms with Gasteiger partial charge in [0.15, 0.2) is 0 Å². The van der Waals surface area contributed by atoms with Crippen molar-refractivity contribution in [1.82, 2.24) is 14.8 Å². The summed E-state index contributed by atoms with van der Waals surface area (Å²) in [5.74, 6) is 0.0522. The SMILES string of the molecule is CC(C)(C)OC(=O)N1CCC(n2cccc2C(=O)NCCOc2ccc(F)cc2)CC1. The highest BCUT2D eigenvalue weighted by molar-refractivity contribution is 5.92. The van der Waals surface area contributed by atoms with Crippen LogP contribution in [0.2, 0.25) is 0 Å². The molecule has 1 aliphatic heterocycles. The van der Waals surface area contributed by atoms with Crippen LogP contribution >= 0.6 is 0 Å². The van der Waals surface area contributed by atoms with Crippen LogP contribution in [0.15, 0.2) is 42.6 Å². The largest absolute Gasteiger partial charge is 0.492 e. The molecule has 31 heavy (non-hydrogen) atoms. The Hall–Kier alpha value is -3.03. The van der Waals surface area contributed by atoms with E-state index in [4.69, 9.17) is 9.47 Å². The number of benzene rings is 1. The zero-order valence-electron chi connectivity index (χ0n) is 18.3. The number of ether oxygens (including phenoxy) is 2. The first-order valence-corrected chi connectivity index (χ1v) is 10.5. The molecule has 3 rings (SSSR count). The van der Waals surface area contributed by atoms with Crippen LogP contribution in [0.4, 0.5) is 9.18 Å². The predicted octanol–water partition coefficient (Wildman–Crippen LogP) is 4.01. The highest BCUT2D eigenvalue weighted by Crippen LogP contribution is 2.25. The molecule has 8 heteroatoms. The number of hydrogen-bond acceptors (Lipinski definition) is 4. The van der Waals surface area contributed by atoms with Crippen molar-refractivity contribution in [3.8, 4) is 5.75 Å². The lowest BCUT2D eigenvalue weighted by Crippen LogP contribution is -2.42. The van der Waals surface area contributed by atoms with Crippen molar-refractivity contribution in [3.05, 3.63) is 54.1 Å². The summed E-state index contributed by atoms with van der Waals surface area (Å²) in [7, 11) is 0. The fourth-order valence-electron chi connectivity index (χ4n) is 3.51. The van der Waals surface area contributed by atoms with E-state index in [1.54, 1.807) is 23.1 Å². The summed E-state index contributed by atoms with van der Waals surface area (Å²) in [4.78, 5) is 26.6. The number of nitrogens with zero attached hydrogens (tertiary/aromatic N) is 2. The maximum Gasteiger partial charge on any atom is 0.410 e. The molecule has 1 N–H and O–H groups in total. The van der Waals surface area contributed by atoms with E-state index in [-0.39, 0.29) is 30.5 Å². The lowest BCUT2D eigenvalue weighted by Gasteiger charge is -2.34. The van der Waals surface area contributed by atoms with Gasteiger partial charge in [-0.15, -0.1) is 0 Å². The minimum atomic E-state index is -0.514. The molecule has 0 saturated carbocycles. The van der Waals surface area contributed by atoms with Gasteiger partial charge in [-0.3, -0.25) is 4.79 Å². The van der Waals surface area contributed by atoms with Crippen LogP contribution in [0.1, 0.15) is 50.1 Å². The fraction of sp³-hybridized carbons (Fsp3) is 0.478. The minimum absolute atomic E-state index is 0.143.